The second kappa shape index (κ2) is 7.19. The lowest BCUT2D eigenvalue weighted by molar-refractivity contribution is -0.531. The molecule has 0 spiro atoms. The van der Waals surface area contributed by atoms with Crippen LogP contribution >= 0.6 is 11.3 Å². The van der Waals surface area contributed by atoms with Crippen LogP contribution in [-0.2, 0) is 4.79 Å². The van der Waals surface area contributed by atoms with Crippen LogP contribution in [-0.4, -0.2) is 15.8 Å². The molecule has 0 saturated heterocycles. The van der Waals surface area contributed by atoms with E-state index in [4.69, 9.17) is 0 Å². The van der Waals surface area contributed by atoms with E-state index in [0.717, 1.165) is 0 Å². The van der Waals surface area contributed by atoms with Crippen molar-refractivity contribution in [1.29, 1.82) is 0 Å². The van der Waals surface area contributed by atoms with Gasteiger partial charge < -0.3 is 5.11 Å². The van der Waals surface area contributed by atoms with Crippen molar-refractivity contribution in [2.45, 2.75) is 25.8 Å². The average molecular weight is 331 g/mol. The summed E-state index contributed by atoms with van der Waals surface area (Å²) in [5.41, 5.74) is 0.578. The van der Waals surface area contributed by atoms with E-state index in [-0.39, 0.29) is 17.1 Å². The summed E-state index contributed by atoms with van der Waals surface area (Å²) in [5.74, 6) is -1.38. The largest absolute Gasteiger partial charge is 0.512 e. The first-order valence-corrected chi connectivity index (χ1v) is 7.94. The third kappa shape index (κ3) is 3.65. The number of rotatable bonds is 6. The fourth-order valence-electron chi connectivity index (χ4n) is 2.71. The molecule has 0 unspecified atom stereocenters. The van der Waals surface area contributed by atoms with Crippen LogP contribution in [0.4, 0.5) is 0 Å². The SMILES string of the molecule is CC(=O)/C(=C(\C)O)[C@@H](c1cccs1)[C@@H](c1ccccc1)[N+](=O)[O-]. The van der Waals surface area contributed by atoms with Gasteiger partial charge in [-0.25, -0.2) is 0 Å². The summed E-state index contributed by atoms with van der Waals surface area (Å²) >= 11 is 1.33. The minimum absolute atomic E-state index is 0.0815. The Morgan fingerprint density at radius 2 is 1.83 bits per heavy atom. The zero-order valence-corrected chi connectivity index (χ0v) is 13.6. The number of Topliss-reactive ketones (excluding diaryl/α,β-unsaturated/α-hetero) is 1. The number of carbonyl (C=O) groups is 1. The standard InChI is InChI=1S/C17H17NO4S/c1-11(19)15(12(2)20)16(14-9-6-10-23-14)17(18(21)22)13-7-4-3-5-8-13/h3-10,16-17,19H,1-2H3/b15-11-/t16-,17-/m1/s1. The summed E-state index contributed by atoms with van der Waals surface area (Å²) in [7, 11) is 0. The second-order valence-electron chi connectivity index (χ2n) is 5.19. The molecule has 1 heterocycles. The molecule has 0 saturated carbocycles. The lowest BCUT2D eigenvalue weighted by atomic mass is 9.83. The van der Waals surface area contributed by atoms with E-state index in [9.17, 15) is 20.0 Å². The third-order valence-corrected chi connectivity index (χ3v) is 4.57. The molecule has 0 fully saturated rings. The zero-order valence-electron chi connectivity index (χ0n) is 12.8. The molecule has 0 aliphatic heterocycles. The van der Waals surface area contributed by atoms with Gasteiger partial charge in [0, 0.05) is 20.9 Å². The molecule has 23 heavy (non-hydrogen) atoms. The average Bonchev–Trinajstić information content (AvgIpc) is 3.00. The van der Waals surface area contributed by atoms with Gasteiger partial charge in [0.05, 0.1) is 11.7 Å². The number of allylic oxidation sites excluding steroid dienone is 1. The van der Waals surface area contributed by atoms with Crippen molar-refractivity contribution >= 4 is 17.1 Å². The minimum Gasteiger partial charge on any atom is -0.512 e. The highest BCUT2D eigenvalue weighted by Crippen LogP contribution is 2.42. The summed E-state index contributed by atoms with van der Waals surface area (Å²) in [6, 6.07) is 10.9. The van der Waals surface area contributed by atoms with Gasteiger partial charge in [-0.15, -0.1) is 11.3 Å². The molecular formula is C17H17NO4S. The van der Waals surface area contributed by atoms with E-state index in [1.54, 1.807) is 47.8 Å². The molecule has 2 atom stereocenters. The number of hydrogen-bond acceptors (Lipinski definition) is 5. The summed E-state index contributed by atoms with van der Waals surface area (Å²) in [4.78, 5) is 24.1. The van der Waals surface area contributed by atoms with E-state index in [0.29, 0.717) is 10.4 Å². The molecule has 0 amide bonds. The predicted molar refractivity (Wildman–Crippen MR) is 89.2 cm³/mol. The molecule has 1 N–H and O–H groups in total. The second-order valence-corrected chi connectivity index (χ2v) is 6.17. The maximum absolute atomic E-state index is 12.0. The van der Waals surface area contributed by atoms with Crippen LogP contribution in [0.1, 0.15) is 36.2 Å². The number of benzene rings is 1. The Bertz CT molecular complexity index is 718. The highest BCUT2D eigenvalue weighted by atomic mass is 32.1. The quantitative estimate of drug-likeness (QED) is 0.371. The minimum atomic E-state index is -1.14. The Hall–Kier alpha value is -2.47. The fraction of sp³-hybridized carbons (Fsp3) is 0.235. The van der Waals surface area contributed by atoms with E-state index >= 15 is 0 Å². The van der Waals surface area contributed by atoms with Crippen molar-refractivity contribution < 1.29 is 14.8 Å². The first-order valence-electron chi connectivity index (χ1n) is 7.06. The van der Waals surface area contributed by atoms with Gasteiger partial charge in [-0.2, -0.15) is 0 Å². The first-order chi connectivity index (χ1) is 10.9. The van der Waals surface area contributed by atoms with Crippen LogP contribution in [0.25, 0.3) is 0 Å². The molecular weight excluding hydrogens is 314 g/mol. The van der Waals surface area contributed by atoms with Crippen LogP contribution < -0.4 is 0 Å². The maximum atomic E-state index is 12.0. The molecule has 0 radical (unpaired) electrons. The van der Waals surface area contributed by atoms with Gasteiger partial charge in [0.1, 0.15) is 0 Å². The van der Waals surface area contributed by atoms with Crippen molar-refractivity contribution in [3.63, 3.8) is 0 Å². The smallest absolute Gasteiger partial charge is 0.249 e. The van der Waals surface area contributed by atoms with Crippen molar-refractivity contribution in [2.75, 3.05) is 0 Å². The van der Waals surface area contributed by atoms with Gasteiger partial charge in [0.2, 0.25) is 6.04 Å². The van der Waals surface area contributed by atoms with Gasteiger partial charge in [-0.1, -0.05) is 36.4 Å². The van der Waals surface area contributed by atoms with Crippen molar-refractivity contribution in [3.8, 4) is 0 Å². The normalized spacial score (nSPS) is 14.7. The van der Waals surface area contributed by atoms with Gasteiger partial charge in [-0.05, 0) is 25.3 Å². The highest BCUT2D eigenvalue weighted by Gasteiger charge is 2.40. The molecule has 120 valence electrons. The lowest BCUT2D eigenvalue weighted by Gasteiger charge is -2.22. The van der Waals surface area contributed by atoms with E-state index < -0.39 is 16.9 Å². The van der Waals surface area contributed by atoms with Crippen LogP contribution in [0.3, 0.4) is 0 Å². The number of hydrogen-bond donors (Lipinski definition) is 1. The number of ketones is 1. The van der Waals surface area contributed by atoms with Crippen LogP contribution in [0.2, 0.25) is 0 Å². The predicted octanol–water partition coefficient (Wildman–Crippen LogP) is 4.27. The number of thiophene rings is 1. The molecule has 0 aliphatic rings. The Labute approximate surface area is 138 Å². The van der Waals surface area contributed by atoms with E-state index in [1.807, 2.05) is 0 Å². The Balaban J connectivity index is 2.67. The number of nitrogens with zero attached hydrogens (tertiary/aromatic N) is 1. The summed E-state index contributed by atoms with van der Waals surface area (Å²) in [6.07, 6.45) is 0. The Kier molecular flexibility index (Phi) is 5.28. The molecule has 0 bridgehead atoms. The Morgan fingerprint density at radius 3 is 2.26 bits per heavy atom. The van der Waals surface area contributed by atoms with Gasteiger partial charge in [0.15, 0.2) is 5.78 Å². The molecule has 1 aromatic heterocycles. The van der Waals surface area contributed by atoms with E-state index in [1.165, 1.54) is 25.2 Å². The monoisotopic (exact) mass is 331 g/mol. The highest BCUT2D eigenvalue weighted by molar-refractivity contribution is 7.10. The van der Waals surface area contributed by atoms with Gasteiger partial charge >= 0.3 is 0 Å². The van der Waals surface area contributed by atoms with Crippen molar-refractivity contribution in [1.82, 2.24) is 0 Å². The molecule has 1 aromatic carbocycles. The molecule has 5 nitrogen and oxygen atoms in total. The Morgan fingerprint density at radius 1 is 1.17 bits per heavy atom. The summed E-state index contributed by atoms with van der Waals surface area (Å²) in [6.45, 7) is 2.71. The van der Waals surface area contributed by atoms with Crippen molar-refractivity contribution in [2.24, 2.45) is 0 Å². The number of carbonyl (C=O) groups excluding carboxylic acids is 1. The molecule has 6 heteroatoms. The molecule has 2 rings (SSSR count). The van der Waals surface area contributed by atoms with Gasteiger partial charge in [0.25, 0.3) is 0 Å². The van der Waals surface area contributed by atoms with E-state index in [2.05, 4.69) is 0 Å². The van der Waals surface area contributed by atoms with Crippen LogP contribution in [0.15, 0.2) is 59.2 Å². The van der Waals surface area contributed by atoms with Crippen LogP contribution in [0, 0.1) is 10.1 Å². The lowest BCUT2D eigenvalue weighted by Crippen LogP contribution is -2.24. The van der Waals surface area contributed by atoms with Crippen molar-refractivity contribution in [3.05, 3.63) is 79.7 Å². The third-order valence-electron chi connectivity index (χ3n) is 3.61. The molecule has 2 aromatic rings. The van der Waals surface area contributed by atoms with Gasteiger partial charge in [-0.3, -0.25) is 14.9 Å². The number of nitro groups is 1. The topological polar surface area (TPSA) is 80.4 Å². The maximum Gasteiger partial charge on any atom is 0.249 e. The fourth-order valence-corrected chi connectivity index (χ4v) is 3.57. The van der Waals surface area contributed by atoms with Crippen LogP contribution in [0.5, 0.6) is 0 Å². The zero-order chi connectivity index (χ0) is 17.0. The summed E-state index contributed by atoms with van der Waals surface area (Å²) in [5, 5.41) is 23.6. The number of aliphatic hydroxyl groups is 1. The summed E-state index contributed by atoms with van der Waals surface area (Å²) < 4.78 is 0. The number of aliphatic hydroxyl groups excluding tert-OH is 1. The first kappa shape index (κ1) is 16.9. The molecule has 0 aliphatic carbocycles.